The van der Waals surface area contributed by atoms with Crippen LogP contribution in [-0.4, -0.2) is 54.3 Å². The maximum Gasteiger partial charge on any atom is 0.309 e. The van der Waals surface area contributed by atoms with Crippen LogP contribution in [0, 0.1) is 5.92 Å². The Kier molecular flexibility index (Phi) is 6.55. The topological polar surface area (TPSA) is 70.2 Å². The molecule has 2 saturated heterocycles. The van der Waals surface area contributed by atoms with Crippen molar-refractivity contribution in [2.75, 3.05) is 36.2 Å². The molecule has 0 unspecified atom stereocenters. The van der Waals surface area contributed by atoms with Crippen molar-refractivity contribution in [1.29, 1.82) is 0 Å². The van der Waals surface area contributed by atoms with Gasteiger partial charge in [-0.15, -0.1) is 11.8 Å². The number of amides is 2. The smallest absolute Gasteiger partial charge is 0.309 e. The van der Waals surface area contributed by atoms with Gasteiger partial charge in [0.1, 0.15) is 0 Å². The molecule has 0 N–H and O–H groups in total. The summed E-state index contributed by atoms with van der Waals surface area (Å²) in [5, 5.41) is 0.198. The average molecular weight is 514 g/mol. The lowest BCUT2D eigenvalue weighted by molar-refractivity contribution is -0.149. The number of anilines is 2. The highest BCUT2D eigenvalue weighted by Crippen LogP contribution is 2.57. The van der Waals surface area contributed by atoms with Crippen LogP contribution in [0.1, 0.15) is 32.3 Å². The predicted octanol–water partition coefficient (Wildman–Crippen LogP) is 4.24. The lowest BCUT2D eigenvalue weighted by atomic mass is 9.97. The summed E-state index contributed by atoms with van der Waals surface area (Å²) in [6.07, 6.45) is 1.41. The van der Waals surface area contributed by atoms with Crippen LogP contribution in [0.3, 0.4) is 0 Å². The molecule has 5 rings (SSSR count). The van der Waals surface area contributed by atoms with E-state index in [-0.39, 0.29) is 29.0 Å². The Labute approximate surface area is 214 Å². The van der Waals surface area contributed by atoms with Crippen LogP contribution in [0.2, 0.25) is 5.02 Å². The van der Waals surface area contributed by atoms with Crippen LogP contribution in [-0.2, 0) is 24.0 Å². The number of carbonyl (C=O) groups excluding carboxylic acids is 3. The molecule has 2 amide bonds. The lowest BCUT2D eigenvalue weighted by Gasteiger charge is -2.36. The van der Waals surface area contributed by atoms with Gasteiger partial charge in [-0.1, -0.05) is 29.8 Å². The minimum Gasteiger partial charge on any atom is -0.466 e. The third-order valence-electron chi connectivity index (χ3n) is 6.96. The number of esters is 1. The van der Waals surface area contributed by atoms with Crippen molar-refractivity contribution in [2.45, 2.75) is 36.8 Å². The van der Waals surface area contributed by atoms with Gasteiger partial charge in [0.05, 0.1) is 30.1 Å². The van der Waals surface area contributed by atoms with Crippen molar-refractivity contribution in [3.8, 4) is 0 Å². The molecule has 7 nitrogen and oxygen atoms in total. The number of fused-ring (bicyclic) bond motifs is 2. The van der Waals surface area contributed by atoms with E-state index in [2.05, 4.69) is 4.90 Å². The Balaban J connectivity index is 1.45. The SMILES string of the molecule is CCOC(=O)C1CCN(CN2C(=O)[C@@]3(S[C@H](C)C(=O)N3c3ccc(Cl)cc3)c3ccccc32)CC1. The summed E-state index contributed by atoms with van der Waals surface area (Å²) in [4.78, 5) is 44.3. The van der Waals surface area contributed by atoms with Crippen LogP contribution >= 0.6 is 23.4 Å². The van der Waals surface area contributed by atoms with Crippen molar-refractivity contribution in [3.05, 3.63) is 59.1 Å². The molecule has 3 aliphatic heterocycles. The molecule has 0 saturated carbocycles. The number of carbonyl (C=O) groups is 3. The third kappa shape index (κ3) is 4.01. The second kappa shape index (κ2) is 9.48. The first-order chi connectivity index (χ1) is 16.9. The number of benzene rings is 2. The van der Waals surface area contributed by atoms with Crippen molar-refractivity contribution in [1.82, 2.24) is 4.90 Å². The van der Waals surface area contributed by atoms with Crippen LogP contribution in [0.15, 0.2) is 48.5 Å². The van der Waals surface area contributed by atoms with E-state index >= 15 is 0 Å². The summed E-state index contributed by atoms with van der Waals surface area (Å²) in [6, 6.07) is 14.8. The molecule has 9 heteroatoms. The number of para-hydroxylation sites is 1. The molecule has 2 aromatic carbocycles. The lowest BCUT2D eigenvalue weighted by Crippen LogP contribution is -2.52. The molecule has 2 atom stereocenters. The highest BCUT2D eigenvalue weighted by Gasteiger charge is 2.63. The van der Waals surface area contributed by atoms with Gasteiger partial charge in [-0.3, -0.25) is 29.1 Å². The predicted molar refractivity (Wildman–Crippen MR) is 137 cm³/mol. The largest absolute Gasteiger partial charge is 0.466 e. The fraction of sp³-hybridized carbons (Fsp3) is 0.423. The molecule has 2 fully saturated rings. The fourth-order valence-corrected chi connectivity index (χ4v) is 6.89. The Bertz CT molecular complexity index is 1150. The van der Waals surface area contributed by atoms with Crippen LogP contribution in [0.25, 0.3) is 0 Å². The van der Waals surface area contributed by atoms with E-state index in [1.165, 1.54) is 11.8 Å². The van der Waals surface area contributed by atoms with E-state index in [0.29, 0.717) is 49.9 Å². The van der Waals surface area contributed by atoms with Gasteiger partial charge in [0.15, 0.2) is 0 Å². The summed E-state index contributed by atoms with van der Waals surface area (Å²) in [5.74, 6) is -0.452. The fourth-order valence-electron chi connectivity index (χ4n) is 5.24. The number of piperidine rings is 1. The summed E-state index contributed by atoms with van der Waals surface area (Å²) < 4.78 is 5.19. The van der Waals surface area contributed by atoms with E-state index in [9.17, 15) is 14.4 Å². The van der Waals surface area contributed by atoms with Gasteiger partial charge >= 0.3 is 5.97 Å². The van der Waals surface area contributed by atoms with Crippen LogP contribution in [0.4, 0.5) is 11.4 Å². The molecule has 0 radical (unpaired) electrons. The average Bonchev–Trinajstić information content (AvgIpc) is 3.26. The van der Waals surface area contributed by atoms with Crippen molar-refractivity contribution < 1.29 is 19.1 Å². The Morgan fingerprint density at radius 2 is 1.80 bits per heavy atom. The van der Waals surface area contributed by atoms with Crippen LogP contribution in [0.5, 0.6) is 0 Å². The Hall–Kier alpha value is -2.55. The molecule has 0 aromatic heterocycles. The summed E-state index contributed by atoms with van der Waals surface area (Å²) in [6.45, 7) is 5.87. The van der Waals surface area contributed by atoms with Gasteiger partial charge in [-0.25, -0.2) is 0 Å². The summed E-state index contributed by atoms with van der Waals surface area (Å²) in [7, 11) is 0. The highest BCUT2D eigenvalue weighted by molar-refractivity contribution is 8.03. The third-order valence-corrected chi connectivity index (χ3v) is 8.68. The number of ether oxygens (including phenoxy) is 1. The molecule has 3 aliphatic rings. The number of hydrogen-bond donors (Lipinski definition) is 0. The van der Waals surface area contributed by atoms with E-state index in [0.717, 1.165) is 11.3 Å². The first kappa shape index (κ1) is 24.2. The maximum atomic E-state index is 14.2. The number of thioether (sulfide) groups is 1. The number of nitrogens with zero attached hydrogens (tertiary/aromatic N) is 3. The van der Waals surface area contributed by atoms with Crippen molar-refractivity contribution in [2.24, 2.45) is 5.92 Å². The number of halogens is 1. The number of likely N-dealkylation sites (tertiary alicyclic amines) is 1. The maximum absolute atomic E-state index is 14.2. The van der Waals surface area contributed by atoms with E-state index in [1.807, 2.05) is 38.1 Å². The molecule has 1 spiro atoms. The van der Waals surface area contributed by atoms with Crippen molar-refractivity contribution >= 4 is 52.5 Å². The Morgan fingerprint density at radius 1 is 1.11 bits per heavy atom. The van der Waals surface area contributed by atoms with E-state index in [1.54, 1.807) is 34.1 Å². The molecular formula is C26H28ClN3O4S. The molecule has 0 aliphatic carbocycles. The van der Waals surface area contributed by atoms with Crippen LogP contribution < -0.4 is 9.80 Å². The van der Waals surface area contributed by atoms with Gasteiger partial charge in [-0.05, 0) is 57.0 Å². The normalized spacial score (nSPS) is 24.9. The van der Waals surface area contributed by atoms with Gasteiger partial charge < -0.3 is 4.74 Å². The molecule has 35 heavy (non-hydrogen) atoms. The summed E-state index contributed by atoms with van der Waals surface area (Å²) >= 11 is 7.49. The number of hydrogen-bond acceptors (Lipinski definition) is 6. The zero-order valence-corrected chi connectivity index (χ0v) is 21.3. The van der Waals surface area contributed by atoms with Gasteiger partial charge in [-0.2, -0.15) is 0 Å². The second-order valence-corrected chi connectivity index (χ2v) is 11.1. The molecule has 0 bridgehead atoms. The van der Waals surface area contributed by atoms with E-state index in [4.69, 9.17) is 16.3 Å². The minimum atomic E-state index is -1.16. The minimum absolute atomic E-state index is 0.0941. The Morgan fingerprint density at radius 3 is 2.49 bits per heavy atom. The monoisotopic (exact) mass is 513 g/mol. The molecule has 3 heterocycles. The first-order valence-electron chi connectivity index (χ1n) is 11.9. The van der Waals surface area contributed by atoms with E-state index < -0.39 is 4.87 Å². The van der Waals surface area contributed by atoms with Gasteiger partial charge in [0, 0.05) is 29.4 Å². The zero-order chi connectivity index (χ0) is 24.7. The first-order valence-corrected chi connectivity index (χ1v) is 13.2. The molecular weight excluding hydrogens is 486 g/mol. The summed E-state index contributed by atoms with van der Waals surface area (Å²) in [5.41, 5.74) is 2.29. The van der Waals surface area contributed by atoms with Crippen molar-refractivity contribution in [3.63, 3.8) is 0 Å². The molecule has 2 aromatic rings. The van der Waals surface area contributed by atoms with Gasteiger partial charge in [0.25, 0.3) is 5.91 Å². The highest BCUT2D eigenvalue weighted by atomic mass is 35.5. The van der Waals surface area contributed by atoms with Gasteiger partial charge in [0.2, 0.25) is 10.8 Å². The number of rotatable bonds is 5. The zero-order valence-electron chi connectivity index (χ0n) is 19.8. The quantitative estimate of drug-likeness (QED) is 0.557. The standard InChI is InChI=1S/C26H28ClN3O4S/c1-3-34-24(32)18-12-14-28(15-13-18)16-29-22-7-5-4-6-21(22)26(25(29)33)30(23(31)17(2)35-26)20-10-8-19(27)9-11-20/h4-11,17-18H,3,12-16H2,1-2H3/t17-,26+/m1/s1. The second-order valence-electron chi connectivity index (χ2n) is 9.09. The molecule has 184 valence electrons.